The lowest BCUT2D eigenvalue weighted by molar-refractivity contribution is -0.898. The van der Waals surface area contributed by atoms with E-state index in [0.717, 1.165) is 38.4 Å². The number of methoxy groups -OCH3 is 1. The predicted octanol–water partition coefficient (Wildman–Crippen LogP) is 1.18. The van der Waals surface area contributed by atoms with E-state index in [-0.39, 0.29) is 5.91 Å². The average molecular weight is 348 g/mol. The van der Waals surface area contributed by atoms with E-state index < -0.39 is 11.4 Å². The molecule has 0 saturated carbocycles. The van der Waals surface area contributed by atoms with Crippen LogP contribution in [0.2, 0.25) is 0 Å². The monoisotopic (exact) mass is 348 g/mol. The highest BCUT2D eigenvalue weighted by Crippen LogP contribution is 2.29. The van der Waals surface area contributed by atoms with Crippen LogP contribution >= 0.6 is 0 Å². The van der Waals surface area contributed by atoms with Gasteiger partial charge in [0.15, 0.2) is 0 Å². The van der Waals surface area contributed by atoms with Crippen molar-refractivity contribution in [2.24, 2.45) is 5.41 Å². The third kappa shape index (κ3) is 4.72. The maximum absolute atomic E-state index is 12.5. The first-order valence-corrected chi connectivity index (χ1v) is 8.88. The minimum Gasteiger partial charge on any atom is -0.465 e. The van der Waals surface area contributed by atoms with Crippen LogP contribution in [0.4, 0.5) is 11.4 Å². The van der Waals surface area contributed by atoms with Crippen molar-refractivity contribution in [2.75, 3.05) is 50.1 Å². The van der Waals surface area contributed by atoms with Crippen molar-refractivity contribution < 1.29 is 19.2 Å². The Balaban J connectivity index is 2.31. The van der Waals surface area contributed by atoms with E-state index in [2.05, 4.69) is 17.1 Å². The van der Waals surface area contributed by atoms with Crippen LogP contribution in [0.25, 0.3) is 0 Å². The molecule has 1 amide bonds. The molecule has 1 aromatic carbocycles. The smallest absolute Gasteiger partial charge is 0.337 e. The molecule has 1 aliphatic heterocycles. The highest BCUT2D eigenvalue weighted by molar-refractivity contribution is 6.00. The number of hydrogen-bond donors (Lipinski definition) is 2. The molecule has 138 valence electrons. The third-order valence-corrected chi connectivity index (χ3v) is 4.66. The molecule has 6 heteroatoms. The molecule has 0 atom stereocenters. The van der Waals surface area contributed by atoms with Gasteiger partial charge in [0.1, 0.15) is 0 Å². The van der Waals surface area contributed by atoms with Crippen LogP contribution in [0.5, 0.6) is 0 Å². The fourth-order valence-electron chi connectivity index (χ4n) is 2.88. The number of amides is 1. The highest BCUT2D eigenvalue weighted by atomic mass is 16.5. The summed E-state index contributed by atoms with van der Waals surface area (Å²) in [5.74, 6) is -0.480. The van der Waals surface area contributed by atoms with Crippen molar-refractivity contribution in [3.05, 3.63) is 23.8 Å². The van der Waals surface area contributed by atoms with E-state index in [1.807, 2.05) is 26.8 Å². The predicted molar refractivity (Wildman–Crippen MR) is 99.3 cm³/mol. The number of rotatable bonds is 4. The molecule has 0 radical (unpaired) electrons. The first-order chi connectivity index (χ1) is 11.8. The molecule has 6 nitrogen and oxygen atoms in total. The molecule has 2 N–H and O–H groups in total. The second-order valence-corrected chi connectivity index (χ2v) is 7.52. The number of anilines is 2. The molecule has 1 aromatic rings. The summed E-state index contributed by atoms with van der Waals surface area (Å²) in [5.41, 5.74) is 1.56. The van der Waals surface area contributed by atoms with Gasteiger partial charge in [-0.25, -0.2) is 4.79 Å². The SMILES string of the molecule is CC[NH+]1CCN(c2ccc(C(=O)OC)cc2NC(=O)C(C)(C)C)CC1. The number of carbonyl (C=O) groups excluding carboxylic acids is 2. The summed E-state index contributed by atoms with van der Waals surface area (Å²) in [6.07, 6.45) is 0. The molecule has 1 saturated heterocycles. The topological polar surface area (TPSA) is 63.1 Å². The number of nitrogens with zero attached hydrogens (tertiary/aromatic N) is 1. The van der Waals surface area contributed by atoms with Crippen LogP contribution in [0.3, 0.4) is 0 Å². The lowest BCUT2D eigenvalue weighted by atomic mass is 9.95. The Bertz CT molecular complexity index is 629. The van der Waals surface area contributed by atoms with Gasteiger partial charge in [0.25, 0.3) is 0 Å². The van der Waals surface area contributed by atoms with Gasteiger partial charge in [0, 0.05) is 5.41 Å². The molecule has 0 aromatic heterocycles. The van der Waals surface area contributed by atoms with Crippen LogP contribution < -0.4 is 15.1 Å². The maximum Gasteiger partial charge on any atom is 0.337 e. The molecule has 1 aliphatic rings. The van der Waals surface area contributed by atoms with E-state index in [9.17, 15) is 9.59 Å². The zero-order valence-electron chi connectivity index (χ0n) is 15.9. The lowest BCUT2D eigenvalue weighted by Crippen LogP contribution is -3.14. The Morgan fingerprint density at radius 3 is 2.40 bits per heavy atom. The number of hydrogen-bond acceptors (Lipinski definition) is 4. The lowest BCUT2D eigenvalue weighted by Gasteiger charge is -2.34. The van der Waals surface area contributed by atoms with Crippen molar-refractivity contribution >= 4 is 23.3 Å². The number of esters is 1. The molecule has 0 unspecified atom stereocenters. The van der Waals surface area contributed by atoms with Gasteiger partial charge in [-0.05, 0) is 25.1 Å². The zero-order valence-corrected chi connectivity index (χ0v) is 15.9. The molecule has 0 spiro atoms. The number of quaternary nitrogens is 1. The molecule has 1 fully saturated rings. The van der Waals surface area contributed by atoms with Crippen molar-refractivity contribution in [1.29, 1.82) is 0 Å². The minimum absolute atomic E-state index is 0.0754. The van der Waals surface area contributed by atoms with Crippen LogP contribution in [-0.4, -0.2) is 51.7 Å². The number of likely N-dealkylation sites (N-methyl/N-ethyl adjacent to an activating group) is 1. The summed E-state index contributed by atoms with van der Waals surface area (Å²) < 4.78 is 4.81. The van der Waals surface area contributed by atoms with Gasteiger partial charge in [-0.1, -0.05) is 20.8 Å². The van der Waals surface area contributed by atoms with E-state index in [4.69, 9.17) is 4.74 Å². The quantitative estimate of drug-likeness (QED) is 0.802. The van der Waals surface area contributed by atoms with Gasteiger partial charge >= 0.3 is 5.97 Å². The van der Waals surface area contributed by atoms with Crippen LogP contribution in [-0.2, 0) is 9.53 Å². The number of piperazine rings is 1. The summed E-state index contributed by atoms with van der Waals surface area (Å²) in [7, 11) is 1.36. The standard InChI is InChI=1S/C19H29N3O3/c1-6-21-9-11-22(12-10-21)16-8-7-14(17(23)25-5)13-15(16)20-18(24)19(2,3)4/h7-8,13H,6,9-12H2,1-5H3,(H,20,24)/p+1. The minimum atomic E-state index is -0.510. The largest absolute Gasteiger partial charge is 0.465 e. The Morgan fingerprint density at radius 2 is 1.88 bits per heavy atom. The molecular formula is C19H30N3O3+. The molecular weight excluding hydrogens is 318 g/mol. The van der Waals surface area contributed by atoms with Crippen molar-refractivity contribution in [2.45, 2.75) is 27.7 Å². The summed E-state index contributed by atoms with van der Waals surface area (Å²) >= 11 is 0. The summed E-state index contributed by atoms with van der Waals surface area (Å²) in [4.78, 5) is 28.2. The molecule has 1 heterocycles. The van der Waals surface area contributed by atoms with Gasteiger partial charge in [0.2, 0.25) is 5.91 Å². The first-order valence-electron chi connectivity index (χ1n) is 8.88. The van der Waals surface area contributed by atoms with Gasteiger partial charge in [-0.3, -0.25) is 4.79 Å². The fraction of sp³-hybridized carbons (Fsp3) is 0.579. The first kappa shape index (κ1) is 19.2. The summed E-state index contributed by atoms with van der Waals surface area (Å²) in [5, 5.41) is 3.00. The average Bonchev–Trinajstić information content (AvgIpc) is 2.60. The summed E-state index contributed by atoms with van der Waals surface area (Å²) in [6, 6.07) is 5.37. The number of nitrogens with one attached hydrogen (secondary N) is 2. The second-order valence-electron chi connectivity index (χ2n) is 7.52. The van der Waals surface area contributed by atoms with Gasteiger partial charge < -0.3 is 19.9 Å². The Morgan fingerprint density at radius 1 is 1.24 bits per heavy atom. The fourth-order valence-corrected chi connectivity index (χ4v) is 2.88. The molecule has 2 rings (SSSR count). The van der Waals surface area contributed by atoms with E-state index in [1.54, 1.807) is 17.0 Å². The van der Waals surface area contributed by atoms with E-state index in [0.29, 0.717) is 11.3 Å². The van der Waals surface area contributed by atoms with E-state index >= 15 is 0 Å². The van der Waals surface area contributed by atoms with Gasteiger partial charge in [-0.15, -0.1) is 0 Å². The number of carbonyl (C=O) groups is 2. The van der Waals surface area contributed by atoms with Crippen LogP contribution in [0.15, 0.2) is 18.2 Å². The normalized spacial score (nSPS) is 15.8. The maximum atomic E-state index is 12.5. The van der Waals surface area contributed by atoms with E-state index in [1.165, 1.54) is 7.11 Å². The number of ether oxygens (including phenoxy) is 1. The van der Waals surface area contributed by atoms with Crippen molar-refractivity contribution in [1.82, 2.24) is 0 Å². The van der Waals surface area contributed by atoms with Gasteiger partial charge in [0.05, 0.1) is 56.8 Å². The summed E-state index contributed by atoms with van der Waals surface area (Å²) in [6.45, 7) is 12.9. The second kappa shape index (κ2) is 7.87. The Labute approximate surface area is 150 Å². The Hall–Kier alpha value is -2.08. The third-order valence-electron chi connectivity index (χ3n) is 4.66. The number of benzene rings is 1. The van der Waals surface area contributed by atoms with Crippen LogP contribution in [0.1, 0.15) is 38.1 Å². The van der Waals surface area contributed by atoms with Crippen molar-refractivity contribution in [3.8, 4) is 0 Å². The molecule has 25 heavy (non-hydrogen) atoms. The highest BCUT2D eigenvalue weighted by Gasteiger charge is 2.26. The van der Waals surface area contributed by atoms with Crippen LogP contribution in [0, 0.1) is 5.41 Å². The Kier molecular flexibility index (Phi) is 6.06. The van der Waals surface area contributed by atoms with Crippen molar-refractivity contribution in [3.63, 3.8) is 0 Å². The molecule has 0 aliphatic carbocycles. The molecule has 0 bridgehead atoms. The van der Waals surface area contributed by atoms with Gasteiger partial charge in [-0.2, -0.15) is 0 Å². The zero-order chi connectivity index (χ0) is 18.6.